The van der Waals surface area contributed by atoms with Crippen LogP contribution in [0.15, 0.2) is 0 Å². The Labute approximate surface area is 111 Å². The molecule has 1 rings (SSSR count). The van der Waals surface area contributed by atoms with Crippen molar-refractivity contribution in [3.05, 3.63) is 25.1 Å². The molecule has 0 saturated heterocycles. The third-order valence-electron chi connectivity index (χ3n) is 1.36. The van der Waals surface area contributed by atoms with Gasteiger partial charge in [-0.25, -0.2) is 0 Å². The highest BCUT2D eigenvalue weighted by atomic mass is 35.5. The number of halogens is 5. The van der Waals surface area contributed by atoms with Crippen LogP contribution in [0.4, 0.5) is 0 Å². The van der Waals surface area contributed by atoms with E-state index in [0.717, 1.165) is 0 Å². The van der Waals surface area contributed by atoms with Gasteiger partial charge in [0, 0.05) is 0 Å². The monoisotopic (exact) mass is 324 g/mol. The number of hydrogen-bond acceptors (Lipinski definition) is 2. The Morgan fingerprint density at radius 2 is 1.20 bits per heavy atom. The van der Waals surface area contributed by atoms with Gasteiger partial charge in [0.15, 0.2) is 5.75 Å². The van der Waals surface area contributed by atoms with Gasteiger partial charge in [0.25, 0.3) is 0 Å². The normalized spacial score (nSPS) is 10.2. The number of benzene rings is 1. The summed E-state index contributed by atoms with van der Waals surface area (Å²) in [6, 6.07) is 0. The molecule has 1 aromatic rings. The van der Waals surface area contributed by atoms with Crippen LogP contribution in [0.25, 0.3) is 0 Å². The van der Waals surface area contributed by atoms with Crippen LogP contribution in [0, 0.1) is 0 Å². The molecule has 0 atom stereocenters. The quantitative estimate of drug-likeness (QED) is 0.511. The summed E-state index contributed by atoms with van der Waals surface area (Å²) >= 11 is 28.4. The lowest BCUT2D eigenvalue weighted by Crippen LogP contribution is -2.09. The third kappa shape index (κ3) is 2.70. The SMILES string of the molecule is O=[Si](O)Oc1c(Cl)c(Cl)c(Cl)c(Cl)c1Cl. The second-order valence-electron chi connectivity index (χ2n) is 2.27. The van der Waals surface area contributed by atoms with E-state index in [4.69, 9.17) is 62.8 Å². The molecule has 0 amide bonds. The maximum atomic E-state index is 10.5. The molecular formula is C6HCl5O3Si. The van der Waals surface area contributed by atoms with Gasteiger partial charge in [0.2, 0.25) is 0 Å². The maximum absolute atomic E-state index is 10.5. The first-order valence-corrected chi connectivity index (χ1v) is 6.43. The van der Waals surface area contributed by atoms with Crippen molar-refractivity contribution in [2.45, 2.75) is 0 Å². The fraction of sp³-hybridized carbons (Fsp3) is 0. The molecule has 0 aliphatic heterocycles. The smallest absolute Gasteiger partial charge is 0.511 e. The van der Waals surface area contributed by atoms with Crippen molar-refractivity contribution < 1.29 is 13.7 Å². The molecule has 3 nitrogen and oxygen atoms in total. The van der Waals surface area contributed by atoms with Gasteiger partial charge in [-0.05, 0) is 0 Å². The second kappa shape index (κ2) is 5.08. The summed E-state index contributed by atoms with van der Waals surface area (Å²) in [5.41, 5.74) is 0. The van der Waals surface area contributed by atoms with E-state index in [0.29, 0.717) is 0 Å². The zero-order valence-corrected chi connectivity index (χ0v) is 11.4. The van der Waals surface area contributed by atoms with Crippen LogP contribution in [-0.2, 0) is 4.46 Å². The van der Waals surface area contributed by atoms with Crippen molar-refractivity contribution in [1.29, 1.82) is 0 Å². The molecule has 0 unspecified atom stereocenters. The van der Waals surface area contributed by atoms with E-state index in [1.54, 1.807) is 0 Å². The van der Waals surface area contributed by atoms with E-state index >= 15 is 0 Å². The Kier molecular flexibility index (Phi) is 4.52. The minimum Gasteiger partial charge on any atom is -0.511 e. The van der Waals surface area contributed by atoms with Crippen LogP contribution < -0.4 is 4.43 Å². The first kappa shape index (κ1) is 13.4. The molecule has 1 aromatic carbocycles. The van der Waals surface area contributed by atoms with E-state index in [1.807, 2.05) is 0 Å². The summed E-state index contributed by atoms with van der Waals surface area (Å²) in [4.78, 5) is 8.59. The molecule has 0 bridgehead atoms. The van der Waals surface area contributed by atoms with Gasteiger partial charge in [0.1, 0.15) is 10.0 Å². The minimum absolute atomic E-state index is 0.0432. The maximum Gasteiger partial charge on any atom is 0.770 e. The summed E-state index contributed by atoms with van der Waals surface area (Å²) in [5.74, 6) is -0.260. The lowest BCUT2D eigenvalue weighted by molar-refractivity contribution is 0.338. The highest BCUT2D eigenvalue weighted by molar-refractivity contribution is 6.56. The Morgan fingerprint density at radius 1 is 0.867 bits per heavy atom. The van der Waals surface area contributed by atoms with Crippen molar-refractivity contribution in [1.82, 2.24) is 0 Å². The molecule has 0 aliphatic rings. The highest BCUT2D eigenvalue weighted by Crippen LogP contribution is 2.48. The second-order valence-corrected chi connectivity index (χ2v) is 4.89. The number of rotatable bonds is 2. The molecule has 0 radical (unpaired) electrons. The molecular weight excluding hydrogens is 325 g/mol. The molecule has 82 valence electrons. The van der Waals surface area contributed by atoms with Gasteiger partial charge >= 0.3 is 9.17 Å². The van der Waals surface area contributed by atoms with Crippen molar-refractivity contribution in [2.75, 3.05) is 0 Å². The van der Waals surface area contributed by atoms with Crippen molar-refractivity contribution in [3.8, 4) is 5.75 Å². The standard InChI is InChI=1S/C6HCl5O3Si/c7-1-2(8)4(10)6(14-15(12)13)5(11)3(1)9/h12H. The predicted octanol–water partition coefficient (Wildman–Crippen LogP) is 3.74. The molecule has 0 aromatic heterocycles. The Bertz CT molecular complexity index is 406. The summed E-state index contributed by atoms with van der Waals surface area (Å²) < 4.78 is 15.0. The lowest BCUT2D eigenvalue weighted by atomic mass is 10.3. The van der Waals surface area contributed by atoms with E-state index in [-0.39, 0.29) is 30.9 Å². The molecule has 15 heavy (non-hydrogen) atoms. The fourth-order valence-corrected chi connectivity index (χ4v) is 2.47. The fourth-order valence-electron chi connectivity index (χ4n) is 0.762. The lowest BCUT2D eigenvalue weighted by Gasteiger charge is -2.10. The van der Waals surface area contributed by atoms with Crippen molar-refractivity contribution >= 4 is 67.2 Å². The molecule has 9 heteroatoms. The van der Waals surface area contributed by atoms with Crippen LogP contribution in [0.1, 0.15) is 0 Å². The molecule has 0 fully saturated rings. The topological polar surface area (TPSA) is 46.5 Å². The summed E-state index contributed by atoms with van der Waals surface area (Å²) in [5, 5.41) is -0.554. The van der Waals surface area contributed by atoms with Crippen LogP contribution in [-0.4, -0.2) is 14.0 Å². The van der Waals surface area contributed by atoms with Crippen LogP contribution in [0.5, 0.6) is 5.75 Å². The molecule has 0 heterocycles. The third-order valence-corrected chi connectivity index (χ3v) is 3.98. The Morgan fingerprint density at radius 3 is 1.53 bits per heavy atom. The van der Waals surface area contributed by atoms with Gasteiger partial charge in [-0.2, -0.15) is 0 Å². The zero-order chi connectivity index (χ0) is 11.7. The number of hydrogen-bond donors (Lipinski definition) is 1. The predicted molar refractivity (Wildman–Crippen MR) is 60.8 cm³/mol. The van der Waals surface area contributed by atoms with Crippen LogP contribution in [0.3, 0.4) is 0 Å². The first-order chi connectivity index (χ1) is 6.86. The molecule has 0 saturated carbocycles. The van der Waals surface area contributed by atoms with Crippen molar-refractivity contribution in [3.63, 3.8) is 0 Å². The van der Waals surface area contributed by atoms with E-state index < -0.39 is 9.17 Å². The van der Waals surface area contributed by atoms with E-state index in [1.165, 1.54) is 0 Å². The zero-order valence-electron chi connectivity index (χ0n) is 6.65. The average Bonchev–Trinajstić information content (AvgIpc) is 2.18. The molecule has 1 N–H and O–H groups in total. The van der Waals surface area contributed by atoms with Crippen LogP contribution >= 0.6 is 58.0 Å². The van der Waals surface area contributed by atoms with Crippen LogP contribution in [0.2, 0.25) is 25.1 Å². The van der Waals surface area contributed by atoms with Gasteiger partial charge in [-0.15, -0.1) is 0 Å². The summed E-state index contributed by atoms with van der Waals surface area (Å²) in [6.07, 6.45) is 0. The van der Waals surface area contributed by atoms with Gasteiger partial charge < -0.3 is 9.22 Å². The Hall–Kier alpha value is 0.287. The van der Waals surface area contributed by atoms with E-state index in [9.17, 15) is 4.46 Å². The first-order valence-electron chi connectivity index (χ1n) is 3.28. The largest absolute Gasteiger partial charge is 0.770 e. The Balaban J connectivity index is 3.45. The van der Waals surface area contributed by atoms with Gasteiger partial charge in [-0.3, -0.25) is 4.46 Å². The minimum atomic E-state index is -3.26. The molecule has 0 spiro atoms. The highest BCUT2D eigenvalue weighted by Gasteiger charge is 2.23. The summed E-state index contributed by atoms with van der Waals surface area (Å²) in [6.45, 7) is 0. The summed E-state index contributed by atoms with van der Waals surface area (Å²) in [7, 11) is -3.26. The van der Waals surface area contributed by atoms with Crippen molar-refractivity contribution in [2.24, 2.45) is 0 Å². The van der Waals surface area contributed by atoms with Gasteiger partial charge in [-0.1, -0.05) is 58.0 Å². The van der Waals surface area contributed by atoms with Gasteiger partial charge in [0.05, 0.1) is 15.1 Å². The average molecular weight is 326 g/mol. The van der Waals surface area contributed by atoms with E-state index in [2.05, 4.69) is 4.43 Å². The molecule has 0 aliphatic carbocycles.